The molecular weight excluding hydrogens is 176 g/mol. The Morgan fingerprint density at radius 2 is 2.29 bits per heavy atom. The van der Waals surface area contributed by atoms with E-state index in [1.54, 1.807) is 0 Å². The summed E-state index contributed by atoms with van der Waals surface area (Å²) in [5, 5.41) is 4.52. The van der Waals surface area contributed by atoms with Crippen molar-refractivity contribution in [1.82, 2.24) is 9.78 Å². The van der Waals surface area contributed by atoms with Crippen molar-refractivity contribution in [3.05, 3.63) is 18.0 Å². The van der Waals surface area contributed by atoms with Crippen molar-refractivity contribution in [2.45, 2.75) is 45.3 Å². The first kappa shape index (κ1) is 9.71. The Hall–Kier alpha value is -0.830. The van der Waals surface area contributed by atoms with Crippen LogP contribution < -0.4 is 0 Å². The molecule has 1 fully saturated rings. The van der Waals surface area contributed by atoms with E-state index in [4.69, 9.17) is 4.74 Å². The van der Waals surface area contributed by atoms with E-state index in [2.05, 4.69) is 22.0 Å². The average molecular weight is 194 g/mol. The zero-order chi connectivity index (χ0) is 9.80. The SMILES string of the molecule is CCOCc1ccn(C2CCCC2)n1. The molecule has 0 spiro atoms. The highest BCUT2D eigenvalue weighted by molar-refractivity contribution is 4.98. The highest BCUT2D eigenvalue weighted by Crippen LogP contribution is 2.28. The predicted octanol–water partition coefficient (Wildman–Crippen LogP) is 2.53. The second kappa shape index (κ2) is 4.60. The Labute approximate surface area is 85.1 Å². The molecule has 1 saturated carbocycles. The standard InChI is InChI=1S/C11H18N2O/c1-2-14-9-10-7-8-13(12-10)11-5-3-4-6-11/h7-8,11H,2-6,9H2,1H3. The minimum absolute atomic E-state index is 0.644. The number of hydrogen-bond acceptors (Lipinski definition) is 2. The Bertz CT molecular complexity index is 277. The van der Waals surface area contributed by atoms with Gasteiger partial charge in [0.05, 0.1) is 18.3 Å². The van der Waals surface area contributed by atoms with Crippen molar-refractivity contribution in [2.24, 2.45) is 0 Å². The lowest BCUT2D eigenvalue weighted by Gasteiger charge is -2.08. The molecule has 1 aliphatic carbocycles. The maximum absolute atomic E-state index is 5.32. The first-order valence-corrected chi connectivity index (χ1v) is 5.52. The highest BCUT2D eigenvalue weighted by atomic mass is 16.5. The van der Waals surface area contributed by atoms with Crippen LogP contribution in [0.4, 0.5) is 0 Å². The molecule has 3 heteroatoms. The van der Waals surface area contributed by atoms with Crippen molar-refractivity contribution in [3.8, 4) is 0 Å². The lowest BCUT2D eigenvalue weighted by atomic mass is 10.3. The third-order valence-electron chi connectivity index (χ3n) is 2.82. The first-order valence-electron chi connectivity index (χ1n) is 5.52. The number of aromatic nitrogens is 2. The van der Waals surface area contributed by atoms with Gasteiger partial charge < -0.3 is 4.74 Å². The summed E-state index contributed by atoms with van der Waals surface area (Å²) in [7, 11) is 0. The molecule has 78 valence electrons. The van der Waals surface area contributed by atoms with Crippen molar-refractivity contribution in [3.63, 3.8) is 0 Å². The van der Waals surface area contributed by atoms with E-state index in [1.165, 1.54) is 25.7 Å². The van der Waals surface area contributed by atoms with E-state index in [0.717, 1.165) is 12.3 Å². The van der Waals surface area contributed by atoms with Crippen molar-refractivity contribution in [1.29, 1.82) is 0 Å². The van der Waals surface area contributed by atoms with Crippen LogP contribution in [0.2, 0.25) is 0 Å². The fourth-order valence-corrected chi connectivity index (χ4v) is 2.03. The molecule has 2 rings (SSSR count). The lowest BCUT2D eigenvalue weighted by Crippen LogP contribution is -2.06. The third-order valence-corrected chi connectivity index (χ3v) is 2.82. The lowest BCUT2D eigenvalue weighted by molar-refractivity contribution is 0.130. The Morgan fingerprint density at radius 1 is 1.50 bits per heavy atom. The normalized spacial score (nSPS) is 17.8. The Kier molecular flexibility index (Phi) is 3.19. The second-order valence-corrected chi connectivity index (χ2v) is 3.86. The van der Waals surface area contributed by atoms with Crippen molar-refractivity contribution >= 4 is 0 Å². The summed E-state index contributed by atoms with van der Waals surface area (Å²) < 4.78 is 7.43. The Morgan fingerprint density at radius 3 is 3.00 bits per heavy atom. The summed E-state index contributed by atoms with van der Waals surface area (Å²) in [6, 6.07) is 2.71. The van der Waals surface area contributed by atoms with Crippen LogP contribution in [-0.2, 0) is 11.3 Å². The van der Waals surface area contributed by atoms with E-state index in [-0.39, 0.29) is 0 Å². The monoisotopic (exact) mass is 194 g/mol. The summed E-state index contributed by atoms with van der Waals surface area (Å²) in [6.45, 7) is 3.42. The van der Waals surface area contributed by atoms with E-state index < -0.39 is 0 Å². The van der Waals surface area contributed by atoms with Gasteiger partial charge in [0.15, 0.2) is 0 Å². The molecule has 1 aromatic rings. The molecule has 0 amide bonds. The molecule has 3 nitrogen and oxygen atoms in total. The highest BCUT2D eigenvalue weighted by Gasteiger charge is 2.17. The molecule has 0 atom stereocenters. The zero-order valence-electron chi connectivity index (χ0n) is 8.78. The van der Waals surface area contributed by atoms with Gasteiger partial charge in [-0.15, -0.1) is 0 Å². The van der Waals surface area contributed by atoms with Gasteiger partial charge in [0.2, 0.25) is 0 Å². The third kappa shape index (κ3) is 2.15. The summed E-state index contributed by atoms with van der Waals surface area (Å²) in [6.07, 6.45) is 7.37. The maximum atomic E-state index is 5.32. The van der Waals surface area contributed by atoms with Gasteiger partial charge in [0.25, 0.3) is 0 Å². The summed E-state index contributed by atoms with van der Waals surface area (Å²) in [5.74, 6) is 0. The molecule has 0 radical (unpaired) electrons. The van der Waals surface area contributed by atoms with Gasteiger partial charge in [-0.3, -0.25) is 4.68 Å². The minimum Gasteiger partial charge on any atom is -0.375 e. The number of nitrogens with zero attached hydrogens (tertiary/aromatic N) is 2. The molecule has 0 bridgehead atoms. The van der Waals surface area contributed by atoms with Gasteiger partial charge in [-0.05, 0) is 25.8 Å². The number of rotatable bonds is 4. The molecule has 0 aromatic carbocycles. The molecule has 0 N–H and O–H groups in total. The van der Waals surface area contributed by atoms with Gasteiger partial charge in [-0.25, -0.2) is 0 Å². The molecule has 1 aliphatic rings. The van der Waals surface area contributed by atoms with Gasteiger partial charge in [-0.1, -0.05) is 12.8 Å². The number of hydrogen-bond donors (Lipinski definition) is 0. The van der Waals surface area contributed by atoms with Crippen LogP contribution in [-0.4, -0.2) is 16.4 Å². The van der Waals surface area contributed by atoms with E-state index in [9.17, 15) is 0 Å². The molecule has 0 saturated heterocycles. The molecule has 0 unspecified atom stereocenters. The average Bonchev–Trinajstić information content (AvgIpc) is 2.85. The fraction of sp³-hybridized carbons (Fsp3) is 0.727. The van der Waals surface area contributed by atoms with Crippen molar-refractivity contribution < 1.29 is 4.74 Å². The van der Waals surface area contributed by atoms with Crippen LogP contribution in [0.15, 0.2) is 12.3 Å². The van der Waals surface area contributed by atoms with Crippen molar-refractivity contribution in [2.75, 3.05) is 6.61 Å². The summed E-state index contributed by atoms with van der Waals surface area (Å²) in [5.41, 5.74) is 1.05. The van der Waals surface area contributed by atoms with Crippen LogP contribution in [0.25, 0.3) is 0 Å². The first-order chi connectivity index (χ1) is 6.90. The van der Waals surface area contributed by atoms with E-state index in [1.807, 2.05) is 6.92 Å². The molecule has 1 aromatic heterocycles. The molecule has 0 aliphatic heterocycles. The van der Waals surface area contributed by atoms with Gasteiger partial charge >= 0.3 is 0 Å². The minimum atomic E-state index is 0.644. The van der Waals surface area contributed by atoms with Gasteiger partial charge in [-0.2, -0.15) is 5.10 Å². The molecule has 1 heterocycles. The largest absolute Gasteiger partial charge is 0.375 e. The zero-order valence-corrected chi connectivity index (χ0v) is 8.78. The second-order valence-electron chi connectivity index (χ2n) is 3.86. The number of ether oxygens (including phenoxy) is 1. The van der Waals surface area contributed by atoms with E-state index in [0.29, 0.717) is 12.6 Å². The summed E-state index contributed by atoms with van der Waals surface area (Å²) in [4.78, 5) is 0. The van der Waals surface area contributed by atoms with Crippen LogP contribution in [0.3, 0.4) is 0 Å². The van der Waals surface area contributed by atoms with E-state index >= 15 is 0 Å². The molecular formula is C11H18N2O. The summed E-state index contributed by atoms with van der Waals surface area (Å²) >= 11 is 0. The topological polar surface area (TPSA) is 27.1 Å². The molecule has 14 heavy (non-hydrogen) atoms. The fourth-order valence-electron chi connectivity index (χ4n) is 2.03. The smallest absolute Gasteiger partial charge is 0.0906 e. The quantitative estimate of drug-likeness (QED) is 0.736. The van der Waals surface area contributed by atoms with Crippen LogP contribution >= 0.6 is 0 Å². The van der Waals surface area contributed by atoms with Crippen LogP contribution in [0, 0.1) is 0 Å². The van der Waals surface area contributed by atoms with Crippen LogP contribution in [0.1, 0.15) is 44.3 Å². The Balaban J connectivity index is 1.94. The van der Waals surface area contributed by atoms with Gasteiger partial charge in [0, 0.05) is 12.8 Å². The van der Waals surface area contributed by atoms with Gasteiger partial charge in [0.1, 0.15) is 0 Å². The maximum Gasteiger partial charge on any atom is 0.0906 e. The predicted molar refractivity (Wildman–Crippen MR) is 55.1 cm³/mol. The van der Waals surface area contributed by atoms with Crippen LogP contribution in [0.5, 0.6) is 0 Å².